The molecule has 0 aliphatic carbocycles. The molecule has 0 aliphatic heterocycles. The number of hydrogen-bond donors (Lipinski definition) is 0. The average molecular weight is 956 g/mol. The minimum absolute atomic E-state index is 0.115. The molecule has 390 valence electrons. The van der Waals surface area contributed by atoms with Crippen LogP contribution in [0.1, 0.15) is 239 Å². The lowest BCUT2D eigenvalue weighted by Crippen LogP contribution is -2.30. The molecule has 0 radical (unpaired) electrons. The Morgan fingerprint density at radius 2 is 0.594 bits per heavy atom. The highest BCUT2D eigenvalue weighted by molar-refractivity contribution is 5.71. The number of hydrogen-bond acceptors (Lipinski definition) is 6. The van der Waals surface area contributed by atoms with Crippen molar-refractivity contribution in [1.82, 2.24) is 0 Å². The molecule has 0 fully saturated rings. The van der Waals surface area contributed by atoms with Gasteiger partial charge in [-0.2, -0.15) is 0 Å². The monoisotopic (exact) mass is 955 g/mol. The molecule has 0 aromatic rings. The molecule has 0 bridgehead atoms. The van der Waals surface area contributed by atoms with Crippen LogP contribution in [0.25, 0.3) is 0 Å². The van der Waals surface area contributed by atoms with Gasteiger partial charge in [-0.25, -0.2) is 0 Å². The summed E-state index contributed by atoms with van der Waals surface area (Å²) >= 11 is 0. The van der Waals surface area contributed by atoms with E-state index < -0.39 is 6.10 Å². The number of allylic oxidation sites excluding steroid dienone is 20. The first-order valence-electron chi connectivity index (χ1n) is 28.0. The van der Waals surface area contributed by atoms with Gasteiger partial charge in [0.05, 0.1) is 0 Å². The molecule has 0 saturated carbocycles. The summed E-state index contributed by atoms with van der Waals surface area (Å²) in [5, 5.41) is 0. The standard InChI is InChI=1S/C63H102O6/c1-4-7-10-13-16-19-22-25-28-30-31-33-35-38-41-44-47-50-53-56-62(65)68-59-60(58-67-61(64)55-52-49-46-43-40-37-34-27-24-21-18-15-12-9-6-3)69-63(66)57-54-51-48-45-42-39-36-32-29-26-23-20-17-14-11-8-5-2/h7,9-10,12,16,18-19,21,25-29,31,33-34,38,41,47,50,60H,4-6,8,11,13-15,17,20,22-24,30,32,35-37,39-40,42-46,48-49,51-59H2,1-3H3/b10-7-,12-9-,19-16-,21-18-,28-25-,29-26-,33-31-,34-27-,41-38-,50-47-/t60-/m1/s1. The van der Waals surface area contributed by atoms with Crippen LogP contribution in [0.4, 0.5) is 0 Å². The minimum atomic E-state index is -0.822. The summed E-state index contributed by atoms with van der Waals surface area (Å²) < 4.78 is 16.8. The van der Waals surface area contributed by atoms with Crippen LogP contribution >= 0.6 is 0 Å². The van der Waals surface area contributed by atoms with Gasteiger partial charge < -0.3 is 14.2 Å². The summed E-state index contributed by atoms with van der Waals surface area (Å²) in [6.45, 7) is 6.32. The van der Waals surface area contributed by atoms with Gasteiger partial charge in [0.1, 0.15) is 13.2 Å². The Balaban J connectivity index is 4.54. The highest BCUT2D eigenvalue weighted by Gasteiger charge is 2.19. The lowest BCUT2D eigenvalue weighted by molar-refractivity contribution is -0.166. The maximum Gasteiger partial charge on any atom is 0.306 e. The third kappa shape index (κ3) is 54.6. The topological polar surface area (TPSA) is 78.9 Å². The van der Waals surface area contributed by atoms with Gasteiger partial charge in [0.15, 0.2) is 6.10 Å². The molecule has 0 unspecified atom stereocenters. The van der Waals surface area contributed by atoms with Crippen molar-refractivity contribution in [3.63, 3.8) is 0 Å². The molecular formula is C63H102O6. The molecule has 0 aliphatic rings. The van der Waals surface area contributed by atoms with Crippen molar-refractivity contribution < 1.29 is 28.6 Å². The van der Waals surface area contributed by atoms with Crippen LogP contribution in [0.5, 0.6) is 0 Å². The van der Waals surface area contributed by atoms with E-state index in [0.717, 1.165) is 116 Å². The number of carbonyl (C=O) groups is 3. The van der Waals surface area contributed by atoms with Gasteiger partial charge in [-0.15, -0.1) is 0 Å². The van der Waals surface area contributed by atoms with E-state index in [0.29, 0.717) is 19.3 Å². The van der Waals surface area contributed by atoms with Crippen molar-refractivity contribution in [3.8, 4) is 0 Å². The molecule has 0 N–H and O–H groups in total. The second kappa shape index (κ2) is 56.4. The molecule has 0 rings (SSSR count). The van der Waals surface area contributed by atoms with Crippen LogP contribution in [0.2, 0.25) is 0 Å². The molecule has 6 heteroatoms. The molecule has 0 aromatic heterocycles. The fraction of sp³-hybridized carbons (Fsp3) is 0.635. The van der Waals surface area contributed by atoms with Crippen molar-refractivity contribution in [1.29, 1.82) is 0 Å². The normalized spacial score (nSPS) is 13.0. The summed E-state index contributed by atoms with van der Waals surface area (Å²) in [6.07, 6.45) is 77.7. The number of unbranched alkanes of at least 4 members (excludes halogenated alkanes) is 18. The van der Waals surface area contributed by atoms with Crippen LogP contribution < -0.4 is 0 Å². The lowest BCUT2D eigenvalue weighted by Gasteiger charge is -2.18. The van der Waals surface area contributed by atoms with Gasteiger partial charge in [0.2, 0.25) is 0 Å². The van der Waals surface area contributed by atoms with Crippen molar-refractivity contribution in [2.75, 3.05) is 13.2 Å². The van der Waals surface area contributed by atoms with E-state index in [9.17, 15) is 14.4 Å². The molecule has 69 heavy (non-hydrogen) atoms. The van der Waals surface area contributed by atoms with Crippen LogP contribution in [-0.4, -0.2) is 37.2 Å². The van der Waals surface area contributed by atoms with E-state index in [1.54, 1.807) is 0 Å². The fourth-order valence-electron chi connectivity index (χ4n) is 7.30. The first kappa shape index (κ1) is 64.8. The highest BCUT2D eigenvalue weighted by atomic mass is 16.6. The number of ether oxygens (including phenoxy) is 3. The summed E-state index contributed by atoms with van der Waals surface area (Å²) in [7, 11) is 0. The second-order valence-corrected chi connectivity index (χ2v) is 18.1. The fourth-order valence-corrected chi connectivity index (χ4v) is 7.30. The predicted molar refractivity (Wildman–Crippen MR) is 297 cm³/mol. The molecule has 0 heterocycles. The van der Waals surface area contributed by atoms with E-state index in [1.165, 1.54) is 77.0 Å². The zero-order valence-electron chi connectivity index (χ0n) is 44.5. The number of rotatable bonds is 49. The summed E-state index contributed by atoms with van der Waals surface area (Å²) in [4.78, 5) is 38.1. The molecular weight excluding hydrogens is 853 g/mol. The predicted octanol–water partition coefficient (Wildman–Crippen LogP) is 18.9. The van der Waals surface area contributed by atoms with E-state index in [-0.39, 0.29) is 37.5 Å². The first-order chi connectivity index (χ1) is 34.0. The van der Waals surface area contributed by atoms with E-state index >= 15 is 0 Å². The van der Waals surface area contributed by atoms with E-state index in [1.807, 2.05) is 6.08 Å². The Labute approximate surface area is 424 Å². The largest absolute Gasteiger partial charge is 0.462 e. The van der Waals surface area contributed by atoms with Crippen LogP contribution in [0.3, 0.4) is 0 Å². The SMILES string of the molecule is CC/C=C\C/C=C\C/C=C\C/C=C\C/C=C\C/C=C\CCC(=O)OC[C@@H](COC(=O)CCCCCCC/C=C\C/C=C\C/C=C\CC)OC(=O)CCCCCCCCC/C=C\CCCCCCCC. The Hall–Kier alpha value is -4.19. The zero-order valence-corrected chi connectivity index (χ0v) is 44.5. The van der Waals surface area contributed by atoms with Crippen LogP contribution in [0.15, 0.2) is 122 Å². The Morgan fingerprint density at radius 1 is 0.304 bits per heavy atom. The second-order valence-electron chi connectivity index (χ2n) is 18.1. The first-order valence-corrected chi connectivity index (χ1v) is 28.0. The number of esters is 3. The van der Waals surface area contributed by atoms with Gasteiger partial charge >= 0.3 is 17.9 Å². The quantitative estimate of drug-likeness (QED) is 0.0262. The van der Waals surface area contributed by atoms with Crippen molar-refractivity contribution in [2.24, 2.45) is 0 Å². The van der Waals surface area contributed by atoms with Gasteiger partial charge in [0, 0.05) is 19.3 Å². The molecule has 6 nitrogen and oxygen atoms in total. The molecule has 0 saturated heterocycles. The number of carbonyl (C=O) groups excluding carboxylic acids is 3. The smallest absolute Gasteiger partial charge is 0.306 e. The lowest BCUT2D eigenvalue weighted by atomic mass is 10.1. The van der Waals surface area contributed by atoms with Gasteiger partial charge in [-0.1, -0.05) is 226 Å². The maximum atomic E-state index is 12.8. The van der Waals surface area contributed by atoms with Crippen LogP contribution in [0, 0.1) is 0 Å². The minimum Gasteiger partial charge on any atom is -0.462 e. The van der Waals surface area contributed by atoms with Crippen molar-refractivity contribution in [2.45, 2.75) is 245 Å². The summed E-state index contributed by atoms with van der Waals surface area (Å²) in [5.41, 5.74) is 0. The van der Waals surface area contributed by atoms with E-state index in [4.69, 9.17) is 14.2 Å². The zero-order chi connectivity index (χ0) is 50.0. The molecule has 0 amide bonds. The third-order valence-electron chi connectivity index (χ3n) is 11.4. The highest BCUT2D eigenvalue weighted by Crippen LogP contribution is 2.14. The van der Waals surface area contributed by atoms with Gasteiger partial charge in [-0.3, -0.25) is 14.4 Å². The Morgan fingerprint density at radius 3 is 0.986 bits per heavy atom. The van der Waals surface area contributed by atoms with Gasteiger partial charge in [0.25, 0.3) is 0 Å². The summed E-state index contributed by atoms with van der Waals surface area (Å²) in [6, 6.07) is 0. The molecule has 0 aromatic carbocycles. The maximum absolute atomic E-state index is 12.8. The molecule has 0 spiro atoms. The average Bonchev–Trinajstić information content (AvgIpc) is 3.35. The summed E-state index contributed by atoms with van der Waals surface area (Å²) in [5.74, 6) is -1.02. The van der Waals surface area contributed by atoms with E-state index in [2.05, 4.69) is 136 Å². The third-order valence-corrected chi connectivity index (χ3v) is 11.4. The Kier molecular flexibility index (Phi) is 53.0. The Bertz CT molecular complexity index is 1470. The van der Waals surface area contributed by atoms with Crippen LogP contribution in [-0.2, 0) is 28.6 Å². The van der Waals surface area contributed by atoms with Crippen molar-refractivity contribution in [3.05, 3.63) is 122 Å². The molecule has 1 atom stereocenters. The van der Waals surface area contributed by atoms with Gasteiger partial charge in [-0.05, 0) is 116 Å². The van der Waals surface area contributed by atoms with Crippen molar-refractivity contribution >= 4 is 17.9 Å².